The van der Waals surface area contributed by atoms with Gasteiger partial charge in [-0.1, -0.05) is 0 Å². The van der Waals surface area contributed by atoms with E-state index in [9.17, 15) is 9.90 Å². The Morgan fingerprint density at radius 1 is 1.15 bits per heavy atom. The summed E-state index contributed by atoms with van der Waals surface area (Å²) in [6.45, 7) is 0. The number of phenolic OH excluding ortho intramolecular Hbond substituents is 1. The van der Waals surface area contributed by atoms with Crippen LogP contribution in [-0.4, -0.2) is 27.5 Å². The minimum absolute atomic E-state index is 0.119. The van der Waals surface area contributed by atoms with E-state index in [0.29, 0.717) is 17.9 Å². The molecule has 1 amide bonds. The number of carbonyl (C=O) groups excluding carboxylic acids is 1. The highest BCUT2D eigenvalue weighted by Crippen LogP contribution is 2.34. The topological polar surface area (TPSA) is 79.2 Å². The van der Waals surface area contributed by atoms with E-state index in [1.807, 2.05) is 12.1 Å². The van der Waals surface area contributed by atoms with Crippen molar-refractivity contribution in [1.82, 2.24) is 5.01 Å². The van der Waals surface area contributed by atoms with Crippen LogP contribution >= 0.6 is 11.8 Å². The van der Waals surface area contributed by atoms with E-state index in [2.05, 4.69) is 5.10 Å². The van der Waals surface area contributed by atoms with Crippen molar-refractivity contribution in [1.29, 1.82) is 0 Å². The van der Waals surface area contributed by atoms with Gasteiger partial charge in [0, 0.05) is 11.3 Å². The van der Waals surface area contributed by atoms with Crippen LogP contribution in [0.1, 0.15) is 24.0 Å². The van der Waals surface area contributed by atoms with Crippen molar-refractivity contribution < 1.29 is 18.7 Å². The zero-order valence-corrected chi connectivity index (χ0v) is 14.6. The van der Waals surface area contributed by atoms with Gasteiger partial charge in [0.25, 0.3) is 5.91 Å². The van der Waals surface area contributed by atoms with Gasteiger partial charge in [0.05, 0.1) is 18.3 Å². The number of benzene rings is 1. The number of carbonyl (C=O) groups is 1. The average Bonchev–Trinajstić information content (AvgIpc) is 3.41. The predicted molar refractivity (Wildman–Crippen MR) is 97.0 cm³/mol. The third-order valence-electron chi connectivity index (χ3n) is 4.04. The van der Waals surface area contributed by atoms with E-state index in [-0.39, 0.29) is 23.5 Å². The number of thioether (sulfide) groups is 1. The number of aromatic hydroxyl groups is 1. The SMILES string of the molecule is O=C(CSc1ccc(O)cc1)N1N=C(c2ccco2)C[C@@H]1c1ccco1. The summed E-state index contributed by atoms with van der Waals surface area (Å²) in [5.41, 5.74) is 0.722. The molecule has 0 saturated carbocycles. The smallest absolute Gasteiger partial charge is 0.253 e. The molecular weight excluding hydrogens is 352 g/mol. The number of nitrogens with zero attached hydrogens (tertiary/aromatic N) is 2. The lowest BCUT2D eigenvalue weighted by Crippen LogP contribution is -2.28. The quantitative estimate of drug-likeness (QED) is 0.687. The predicted octanol–water partition coefficient (Wildman–Crippen LogP) is 4.05. The van der Waals surface area contributed by atoms with Gasteiger partial charge in [-0.15, -0.1) is 11.8 Å². The second kappa shape index (κ2) is 7.13. The largest absolute Gasteiger partial charge is 0.508 e. The summed E-state index contributed by atoms with van der Waals surface area (Å²) < 4.78 is 10.9. The highest BCUT2D eigenvalue weighted by molar-refractivity contribution is 8.00. The van der Waals surface area contributed by atoms with Crippen LogP contribution in [0.2, 0.25) is 0 Å². The molecule has 0 unspecified atom stereocenters. The van der Waals surface area contributed by atoms with Gasteiger partial charge in [0.2, 0.25) is 0 Å². The monoisotopic (exact) mass is 368 g/mol. The van der Waals surface area contributed by atoms with E-state index in [4.69, 9.17) is 8.83 Å². The number of rotatable bonds is 5. The first kappa shape index (κ1) is 16.5. The zero-order chi connectivity index (χ0) is 17.9. The molecule has 0 fully saturated rings. The zero-order valence-electron chi connectivity index (χ0n) is 13.7. The molecule has 6 nitrogen and oxygen atoms in total. The molecule has 0 saturated heterocycles. The molecule has 7 heteroatoms. The lowest BCUT2D eigenvalue weighted by molar-refractivity contribution is -0.130. The van der Waals surface area contributed by atoms with Crippen molar-refractivity contribution in [3.63, 3.8) is 0 Å². The molecule has 1 N–H and O–H groups in total. The Morgan fingerprint density at radius 2 is 1.92 bits per heavy atom. The molecule has 1 atom stereocenters. The molecule has 26 heavy (non-hydrogen) atoms. The van der Waals surface area contributed by atoms with Gasteiger partial charge in [-0.3, -0.25) is 4.79 Å². The Labute approximate surface area is 154 Å². The molecule has 132 valence electrons. The summed E-state index contributed by atoms with van der Waals surface area (Å²) in [5, 5.41) is 15.3. The fraction of sp³-hybridized carbons (Fsp3) is 0.158. The maximum Gasteiger partial charge on any atom is 0.253 e. The fourth-order valence-electron chi connectivity index (χ4n) is 2.79. The highest BCUT2D eigenvalue weighted by atomic mass is 32.2. The van der Waals surface area contributed by atoms with Crippen molar-refractivity contribution >= 4 is 23.4 Å². The Bertz CT molecular complexity index is 902. The summed E-state index contributed by atoms with van der Waals surface area (Å²) in [7, 11) is 0. The molecule has 1 aromatic carbocycles. The van der Waals surface area contributed by atoms with Crippen LogP contribution < -0.4 is 0 Å². The average molecular weight is 368 g/mol. The molecule has 1 aliphatic heterocycles. The Hall–Kier alpha value is -2.93. The van der Waals surface area contributed by atoms with Gasteiger partial charge in [0.1, 0.15) is 29.0 Å². The van der Waals surface area contributed by atoms with Crippen LogP contribution in [0.3, 0.4) is 0 Å². The molecule has 2 aromatic heterocycles. The van der Waals surface area contributed by atoms with Crippen molar-refractivity contribution in [2.45, 2.75) is 17.4 Å². The minimum Gasteiger partial charge on any atom is -0.508 e. The van der Waals surface area contributed by atoms with Crippen LogP contribution in [0.4, 0.5) is 0 Å². The summed E-state index contributed by atoms with van der Waals surface area (Å²) in [5.74, 6) is 1.66. The third-order valence-corrected chi connectivity index (χ3v) is 5.04. The summed E-state index contributed by atoms with van der Waals surface area (Å²) in [6.07, 6.45) is 3.72. The van der Waals surface area contributed by atoms with Crippen molar-refractivity contribution in [3.05, 3.63) is 72.6 Å². The van der Waals surface area contributed by atoms with Crippen LogP contribution in [0.5, 0.6) is 5.75 Å². The van der Waals surface area contributed by atoms with Gasteiger partial charge in [-0.2, -0.15) is 5.10 Å². The van der Waals surface area contributed by atoms with Crippen LogP contribution in [0.25, 0.3) is 0 Å². The fourth-order valence-corrected chi connectivity index (χ4v) is 3.54. The molecule has 3 aromatic rings. The standard InChI is InChI=1S/C19H16N2O4S/c22-13-5-7-14(8-6-13)26-12-19(23)21-16(18-4-2-10-25-18)11-15(20-21)17-3-1-9-24-17/h1-10,16,22H,11-12H2/t16-/m1/s1. The molecular formula is C19H16N2O4S. The molecule has 0 radical (unpaired) electrons. The van der Waals surface area contributed by atoms with Crippen molar-refractivity contribution in [2.24, 2.45) is 5.10 Å². The number of furan rings is 2. The maximum atomic E-state index is 12.8. The normalized spacial score (nSPS) is 16.7. The second-order valence-corrected chi connectivity index (χ2v) is 6.83. The Kier molecular flexibility index (Phi) is 4.53. The van der Waals surface area contributed by atoms with Gasteiger partial charge in [-0.25, -0.2) is 5.01 Å². The highest BCUT2D eigenvalue weighted by Gasteiger charge is 2.35. The van der Waals surface area contributed by atoms with Crippen LogP contribution in [0.15, 0.2) is 79.9 Å². The minimum atomic E-state index is -0.280. The number of hydrogen-bond acceptors (Lipinski definition) is 6. The van der Waals surface area contributed by atoms with Gasteiger partial charge < -0.3 is 13.9 Å². The number of hydrogen-bond donors (Lipinski definition) is 1. The summed E-state index contributed by atoms with van der Waals surface area (Å²) in [4.78, 5) is 13.7. The summed E-state index contributed by atoms with van der Waals surface area (Å²) >= 11 is 1.40. The van der Waals surface area contributed by atoms with Crippen LogP contribution in [-0.2, 0) is 4.79 Å². The second-order valence-electron chi connectivity index (χ2n) is 5.78. The first-order chi connectivity index (χ1) is 12.7. The van der Waals surface area contributed by atoms with Gasteiger partial charge in [0.15, 0.2) is 0 Å². The lowest BCUT2D eigenvalue weighted by atomic mass is 10.1. The lowest BCUT2D eigenvalue weighted by Gasteiger charge is -2.19. The van der Waals surface area contributed by atoms with E-state index in [0.717, 1.165) is 10.6 Å². The maximum absolute atomic E-state index is 12.8. The molecule has 0 aliphatic carbocycles. The van der Waals surface area contributed by atoms with Gasteiger partial charge in [-0.05, 0) is 48.5 Å². The van der Waals surface area contributed by atoms with E-state index in [1.165, 1.54) is 16.8 Å². The third kappa shape index (κ3) is 3.39. The van der Waals surface area contributed by atoms with E-state index < -0.39 is 0 Å². The molecule has 4 rings (SSSR count). The number of hydrazone groups is 1. The van der Waals surface area contributed by atoms with Crippen LogP contribution in [0, 0.1) is 0 Å². The number of amides is 1. The van der Waals surface area contributed by atoms with Crippen molar-refractivity contribution in [2.75, 3.05) is 5.75 Å². The summed E-state index contributed by atoms with van der Waals surface area (Å²) in [6, 6.07) is 13.7. The number of phenols is 1. The first-order valence-corrected chi connectivity index (χ1v) is 9.08. The Balaban J connectivity index is 1.52. The first-order valence-electron chi connectivity index (χ1n) is 8.09. The molecule has 1 aliphatic rings. The molecule has 0 bridgehead atoms. The van der Waals surface area contributed by atoms with Gasteiger partial charge >= 0.3 is 0 Å². The van der Waals surface area contributed by atoms with Crippen molar-refractivity contribution in [3.8, 4) is 5.75 Å². The Morgan fingerprint density at radius 3 is 2.62 bits per heavy atom. The van der Waals surface area contributed by atoms with E-state index >= 15 is 0 Å². The molecule has 3 heterocycles. The van der Waals surface area contributed by atoms with E-state index in [1.54, 1.807) is 48.9 Å². The molecule has 0 spiro atoms.